The highest BCUT2D eigenvalue weighted by Crippen LogP contribution is 2.36. The van der Waals surface area contributed by atoms with Gasteiger partial charge in [0, 0.05) is 28.7 Å². The summed E-state index contributed by atoms with van der Waals surface area (Å²) in [6.45, 7) is 6.69. The molecule has 1 aliphatic heterocycles. The Balaban J connectivity index is 2.02. The Bertz CT molecular complexity index is 1570. The highest BCUT2D eigenvalue weighted by molar-refractivity contribution is 9.10. The van der Waals surface area contributed by atoms with E-state index in [1.807, 2.05) is 38.1 Å². The number of rotatable bonds is 7. The summed E-state index contributed by atoms with van der Waals surface area (Å²) in [5, 5.41) is 10.7. The van der Waals surface area contributed by atoms with Crippen LogP contribution < -0.4 is 24.4 Å². The second kappa shape index (κ2) is 10.9. The number of halogens is 1. The molecule has 10 heteroatoms. The molecular weight excluding hydrogens is 558 g/mol. The van der Waals surface area contributed by atoms with Crippen LogP contribution in [0.15, 0.2) is 61.9 Å². The maximum absolute atomic E-state index is 13.9. The molecule has 0 radical (unpaired) electrons. The number of methoxy groups -OCH3 is 2. The smallest absolute Gasteiger partial charge is 0.271 e. The number of aromatic nitrogens is 1. The first-order valence-electron chi connectivity index (χ1n) is 11.8. The molecule has 4 rings (SSSR count). The summed E-state index contributed by atoms with van der Waals surface area (Å²) in [5.74, 6) is 0.594. The molecule has 1 atom stereocenters. The van der Waals surface area contributed by atoms with Crippen LogP contribution in [0, 0.1) is 0 Å². The van der Waals surface area contributed by atoms with Gasteiger partial charge in [0.1, 0.15) is 11.8 Å². The van der Waals surface area contributed by atoms with Crippen molar-refractivity contribution in [3.05, 3.63) is 83.0 Å². The van der Waals surface area contributed by atoms with Crippen molar-refractivity contribution in [1.82, 2.24) is 9.47 Å². The Morgan fingerprint density at radius 2 is 1.86 bits per heavy atom. The van der Waals surface area contributed by atoms with E-state index in [0.717, 1.165) is 0 Å². The quantitative estimate of drug-likeness (QED) is 0.457. The molecule has 0 unspecified atom stereocenters. The summed E-state index contributed by atoms with van der Waals surface area (Å²) >= 11 is 4.61. The summed E-state index contributed by atoms with van der Waals surface area (Å²) in [5.41, 5.74) is 1.76. The summed E-state index contributed by atoms with van der Waals surface area (Å²) < 4.78 is 13.5. The molecule has 0 fully saturated rings. The monoisotopic (exact) mass is 585 g/mol. The van der Waals surface area contributed by atoms with Gasteiger partial charge in [-0.2, -0.15) is 0 Å². The molecule has 2 heterocycles. The molecule has 1 N–H and O–H groups in total. The standard InChI is InChI=1S/C27H28BrN3O5S/c1-6-30(7-2)26(34)22-15(3)29-27-31(23(22)18-10-8-9-11-19(18)35-4)25(33)21(37-27)13-16-12-17(28)14-20(36-5)24(16)32/h8-14,23,32H,6-7H2,1-5H3/b21-13+/t23-/m1/s1. The lowest BCUT2D eigenvalue weighted by Crippen LogP contribution is -2.43. The SMILES string of the molecule is CCN(CC)C(=O)C1=C(C)N=c2s/c(=C/c3cc(Br)cc(OC)c3O)c(=O)n2[C@@H]1c1ccccc1OC. The number of fused-ring (bicyclic) bond motifs is 1. The second-order valence-corrected chi connectivity index (χ2v) is 10.3. The number of benzene rings is 2. The maximum atomic E-state index is 13.9. The van der Waals surface area contributed by atoms with Crippen LogP contribution in [-0.2, 0) is 4.79 Å². The molecule has 0 aliphatic carbocycles. The van der Waals surface area contributed by atoms with Crippen molar-refractivity contribution in [2.24, 2.45) is 4.99 Å². The highest BCUT2D eigenvalue weighted by Gasteiger charge is 2.35. The van der Waals surface area contributed by atoms with Crippen molar-refractivity contribution < 1.29 is 19.4 Å². The van der Waals surface area contributed by atoms with E-state index in [0.29, 0.717) is 55.0 Å². The third kappa shape index (κ3) is 4.83. The molecule has 0 saturated heterocycles. The van der Waals surface area contributed by atoms with Crippen molar-refractivity contribution in [3.63, 3.8) is 0 Å². The zero-order chi connectivity index (χ0) is 26.9. The Labute approximate surface area is 226 Å². The summed E-state index contributed by atoms with van der Waals surface area (Å²) in [6, 6.07) is 9.99. The number of nitrogens with zero attached hydrogens (tertiary/aromatic N) is 3. The van der Waals surface area contributed by atoms with Crippen LogP contribution in [0.25, 0.3) is 6.08 Å². The zero-order valence-corrected chi connectivity index (χ0v) is 23.6. The van der Waals surface area contributed by atoms with E-state index in [2.05, 4.69) is 20.9 Å². The lowest BCUT2D eigenvalue weighted by molar-refractivity contribution is -0.127. The highest BCUT2D eigenvalue weighted by atomic mass is 79.9. The minimum atomic E-state index is -0.728. The normalized spacial score (nSPS) is 15.3. The Kier molecular flexibility index (Phi) is 7.89. The van der Waals surface area contributed by atoms with E-state index in [4.69, 9.17) is 9.47 Å². The van der Waals surface area contributed by atoms with Crippen molar-refractivity contribution in [1.29, 1.82) is 0 Å². The number of hydrogen-bond donors (Lipinski definition) is 1. The van der Waals surface area contributed by atoms with Gasteiger partial charge in [0.25, 0.3) is 11.5 Å². The van der Waals surface area contributed by atoms with Gasteiger partial charge in [-0.3, -0.25) is 14.2 Å². The molecule has 2 aromatic carbocycles. The number of para-hydroxylation sites is 1. The molecule has 0 spiro atoms. The van der Waals surface area contributed by atoms with E-state index >= 15 is 0 Å². The minimum absolute atomic E-state index is 0.0774. The minimum Gasteiger partial charge on any atom is -0.504 e. The van der Waals surface area contributed by atoms with Crippen molar-refractivity contribution in [2.45, 2.75) is 26.8 Å². The number of thiazole rings is 1. The first-order chi connectivity index (χ1) is 17.7. The fourth-order valence-electron chi connectivity index (χ4n) is 4.46. The summed E-state index contributed by atoms with van der Waals surface area (Å²) in [4.78, 5) is 34.5. The Morgan fingerprint density at radius 1 is 1.19 bits per heavy atom. The number of aromatic hydroxyl groups is 1. The van der Waals surface area contributed by atoms with Gasteiger partial charge < -0.3 is 19.5 Å². The first-order valence-corrected chi connectivity index (χ1v) is 13.4. The van der Waals surface area contributed by atoms with Crippen LogP contribution in [0.5, 0.6) is 17.2 Å². The predicted molar refractivity (Wildman–Crippen MR) is 147 cm³/mol. The number of phenolic OH excluding ortho intramolecular Hbond substituents is 1. The number of allylic oxidation sites excluding steroid dienone is 1. The third-order valence-electron chi connectivity index (χ3n) is 6.31. The van der Waals surface area contributed by atoms with Crippen LogP contribution in [-0.4, -0.2) is 47.8 Å². The topological polar surface area (TPSA) is 93.4 Å². The number of phenols is 1. The average molecular weight is 587 g/mol. The van der Waals surface area contributed by atoms with Crippen LogP contribution >= 0.6 is 27.3 Å². The fraction of sp³-hybridized carbons (Fsp3) is 0.296. The van der Waals surface area contributed by atoms with Crippen LogP contribution in [0.2, 0.25) is 0 Å². The van der Waals surface area contributed by atoms with Gasteiger partial charge in [-0.1, -0.05) is 45.5 Å². The van der Waals surface area contributed by atoms with Gasteiger partial charge in [-0.25, -0.2) is 4.99 Å². The number of amides is 1. The maximum Gasteiger partial charge on any atom is 0.271 e. The number of hydrogen-bond acceptors (Lipinski definition) is 7. The molecule has 194 valence electrons. The molecule has 0 bridgehead atoms. The number of likely N-dealkylation sites (N-methyl/N-ethyl adjacent to an activating group) is 1. The Hall–Kier alpha value is -3.37. The van der Waals surface area contributed by atoms with Gasteiger partial charge in [-0.05, 0) is 45.0 Å². The van der Waals surface area contributed by atoms with Gasteiger partial charge in [0.2, 0.25) is 0 Å². The van der Waals surface area contributed by atoms with E-state index in [-0.39, 0.29) is 23.0 Å². The number of carbonyl (C=O) groups is 1. The lowest BCUT2D eigenvalue weighted by Gasteiger charge is -2.29. The number of carbonyl (C=O) groups excluding carboxylic acids is 1. The largest absolute Gasteiger partial charge is 0.504 e. The van der Waals surface area contributed by atoms with Crippen molar-refractivity contribution >= 4 is 39.2 Å². The van der Waals surface area contributed by atoms with Crippen LogP contribution in [0.4, 0.5) is 0 Å². The van der Waals surface area contributed by atoms with Crippen molar-refractivity contribution in [2.75, 3.05) is 27.3 Å². The molecule has 37 heavy (non-hydrogen) atoms. The van der Waals surface area contributed by atoms with Gasteiger partial charge >= 0.3 is 0 Å². The predicted octanol–water partition coefficient (Wildman–Crippen LogP) is 3.59. The van der Waals surface area contributed by atoms with E-state index in [1.54, 1.807) is 41.7 Å². The molecule has 1 amide bonds. The van der Waals surface area contributed by atoms with Gasteiger partial charge in [-0.15, -0.1) is 0 Å². The summed E-state index contributed by atoms with van der Waals surface area (Å²) in [7, 11) is 3.03. The van der Waals surface area contributed by atoms with E-state index in [1.165, 1.54) is 18.4 Å². The van der Waals surface area contributed by atoms with Gasteiger partial charge in [0.15, 0.2) is 16.3 Å². The molecule has 8 nitrogen and oxygen atoms in total. The molecule has 3 aromatic rings. The molecule has 1 aliphatic rings. The van der Waals surface area contributed by atoms with Gasteiger partial charge in [0.05, 0.1) is 30.0 Å². The Morgan fingerprint density at radius 3 is 2.51 bits per heavy atom. The van der Waals surface area contributed by atoms with Crippen LogP contribution in [0.1, 0.15) is 37.9 Å². The molecule has 1 aromatic heterocycles. The average Bonchev–Trinajstić information content (AvgIpc) is 3.19. The fourth-order valence-corrected chi connectivity index (χ4v) is 5.96. The zero-order valence-electron chi connectivity index (χ0n) is 21.2. The number of ether oxygens (including phenoxy) is 2. The van der Waals surface area contributed by atoms with Crippen LogP contribution in [0.3, 0.4) is 0 Å². The third-order valence-corrected chi connectivity index (χ3v) is 7.75. The van der Waals surface area contributed by atoms with E-state index < -0.39 is 6.04 Å². The molecular formula is C27H28BrN3O5S. The first kappa shape index (κ1) is 26.7. The molecule has 0 saturated carbocycles. The summed E-state index contributed by atoms with van der Waals surface area (Å²) in [6.07, 6.45) is 1.61. The van der Waals surface area contributed by atoms with E-state index in [9.17, 15) is 14.7 Å². The van der Waals surface area contributed by atoms with Crippen molar-refractivity contribution in [3.8, 4) is 17.2 Å². The lowest BCUT2D eigenvalue weighted by atomic mass is 9.94. The second-order valence-electron chi connectivity index (χ2n) is 8.35.